The average Bonchev–Trinajstić information content (AvgIpc) is 2.39. The van der Waals surface area contributed by atoms with Crippen molar-refractivity contribution in [2.75, 3.05) is 0 Å². The van der Waals surface area contributed by atoms with E-state index in [4.69, 9.17) is 0 Å². The lowest BCUT2D eigenvalue weighted by atomic mass is 10.1. The largest absolute Gasteiger partial charge is 0.504 e. The Kier molecular flexibility index (Phi) is 2.74. The van der Waals surface area contributed by atoms with Gasteiger partial charge in [-0.05, 0) is 0 Å². The van der Waals surface area contributed by atoms with E-state index in [0.29, 0.717) is 12.1 Å². The Labute approximate surface area is 101 Å². The molecular weight excluding hydrogens is 266 g/mol. The summed E-state index contributed by atoms with van der Waals surface area (Å²) < 4.78 is 26.6. The zero-order valence-electron chi connectivity index (χ0n) is 8.94. The summed E-state index contributed by atoms with van der Waals surface area (Å²) in [6, 6.07) is 0.891. The molecule has 2 N–H and O–H groups in total. The number of aromatic amines is 1. The van der Waals surface area contributed by atoms with Gasteiger partial charge < -0.3 is 10.1 Å². The van der Waals surface area contributed by atoms with Crippen LogP contribution in [0.4, 0.5) is 14.5 Å². The van der Waals surface area contributed by atoms with Gasteiger partial charge in [-0.2, -0.15) is 4.39 Å². The van der Waals surface area contributed by atoms with Crippen LogP contribution in [0.1, 0.15) is 0 Å². The van der Waals surface area contributed by atoms with Crippen molar-refractivity contribution in [3.63, 3.8) is 0 Å². The second-order valence-corrected chi connectivity index (χ2v) is 3.55. The van der Waals surface area contributed by atoms with Crippen molar-refractivity contribution in [2.24, 2.45) is 0 Å². The minimum atomic E-state index is -1.85. The van der Waals surface area contributed by atoms with Crippen molar-refractivity contribution in [1.29, 1.82) is 0 Å². The molecule has 0 atom stereocenters. The molecule has 2 aromatic rings. The number of nitrogens with one attached hydrogen (secondary N) is 1. The third-order valence-electron chi connectivity index (χ3n) is 2.36. The maximum absolute atomic E-state index is 13.4. The minimum absolute atomic E-state index is 0.430. The zero-order valence-corrected chi connectivity index (χ0v) is 8.94. The van der Waals surface area contributed by atoms with Crippen LogP contribution in [-0.4, -0.2) is 15.0 Å². The first kappa shape index (κ1) is 12.6. The van der Waals surface area contributed by atoms with E-state index in [-0.39, 0.29) is 0 Å². The monoisotopic (exact) mass is 270 g/mol. The Morgan fingerprint density at radius 2 is 1.89 bits per heavy atom. The van der Waals surface area contributed by atoms with E-state index in [1.54, 1.807) is 0 Å². The number of hydrogen-bond donors (Lipinski definition) is 2. The van der Waals surface area contributed by atoms with Gasteiger partial charge in [-0.1, -0.05) is 0 Å². The molecule has 0 unspecified atom stereocenters. The maximum Gasteiger partial charge on any atom is 0.321 e. The van der Waals surface area contributed by atoms with Gasteiger partial charge in [0.15, 0.2) is 11.6 Å². The van der Waals surface area contributed by atoms with Crippen LogP contribution in [-0.2, 0) is 0 Å². The van der Waals surface area contributed by atoms with Crippen LogP contribution in [0.15, 0.2) is 21.7 Å². The van der Waals surface area contributed by atoms with Crippen LogP contribution >= 0.6 is 0 Å². The van der Waals surface area contributed by atoms with Crippen LogP contribution in [0.3, 0.4) is 0 Å². The highest BCUT2D eigenvalue weighted by molar-refractivity contribution is 5.88. The molecule has 0 amide bonds. The van der Waals surface area contributed by atoms with Crippen LogP contribution < -0.4 is 11.0 Å². The second kappa shape index (κ2) is 4.12. The number of aromatic hydroxyl groups is 1. The predicted molar refractivity (Wildman–Crippen MR) is 59.1 cm³/mol. The lowest BCUT2D eigenvalue weighted by molar-refractivity contribution is -0.386. The number of hydrogen-bond acceptors (Lipinski definition) is 5. The van der Waals surface area contributed by atoms with Crippen molar-refractivity contribution in [1.82, 2.24) is 4.98 Å². The summed E-state index contributed by atoms with van der Waals surface area (Å²) in [6.45, 7) is 0. The lowest BCUT2D eigenvalue weighted by Crippen LogP contribution is -2.05. The second-order valence-electron chi connectivity index (χ2n) is 3.55. The zero-order chi connectivity index (χ0) is 14.3. The fraction of sp³-hybridized carbons (Fsp3) is 0. The summed E-state index contributed by atoms with van der Waals surface area (Å²) in [5.74, 6) is -4.55. The maximum atomic E-state index is 13.4. The molecule has 0 spiro atoms. The Balaban J connectivity index is 3.27. The molecule has 0 fully saturated rings. The van der Waals surface area contributed by atoms with E-state index >= 15 is 0 Å². The molecule has 0 bridgehead atoms. The molecule has 2 rings (SSSR count). The summed E-state index contributed by atoms with van der Waals surface area (Å²) in [5.41, 5.74) is -4.37. The van der Waals surface area contributed by atoms with Gasteiger partial charge in [-0.25, -0.2) is 4.39 Å². The molecule has 0 radical (unpaired) electrons. The number of rotatable bonds is 1. The quantitative estimate of drug-likeness (QED) is 0.587. The molecule has 1 heterocycles. The lowest BCUT2D eigenvalue weighted by Gasteiger charge is -1.98. The van der Waals surface area contributed by atoms with Crippen molar-refractivity contribution >= 4 is 16.6 Å². The highest BCUT2D eigenvalue weighted by Crippen LogP contribution is 2.27. The first-order valence-electron chi connectivity index (χ1n) is 4.75. The number of benzene rings is 1. The topological polar surface area (TPSA) is 113 Å². The third kappa shape index (κ3) is 1.90. The first-order chi connectivity index (χ1) is 8.82. The fourth-order valence-corrected chi connectivity index (χ4v) is 1.60. The third-order valence-corrected chi connectivity index (χ3v) is 2.36. The van der Waals surface area contributed by atoms with Crippen LogP contribution in [0.25, 0.3) is 10.9 Å². The van der Waals surface area contributed by atoms with Gasteiger partial charge >= 0.3 is 5.69 Å². The number of halogens is 2. The van der Waals surface area contributed by atoms with Crippen LogP contribution in [0.2, 0.25) is 0 Å². The normalized spacial score (nSPS) is 10.6. The summed E-state index contributed by atoms with van der Waals surface area (Å²) in [7, 11) is 0. The number of aromatic nitrogens is 1. The van der Waals surface area contributed by atoms with Gasteiger partial charge in [0.25, 0.3) is 5.56 Å². The Bertz CT molecular complexity index is 831. The van der Waals surface area contributed by atoms with E-state index in [9.17, 15) is 33.6 Å². The summed E-state index contributed by atoms with van der Waals surface area (Å²) in [6.07, 6.45) is 0. The minimum Gasteiger partial charge on any atom is -0.504 e. The molecule has 7 nitrogen and oxygen atoms in total. The molecule has 1 aromatic heterocycles. The highest BCUT2D eigenvalue weighted by atomic mass is 19.2. The fourth-order valence-electron chi connectivity index (χ4n) is 1.60. The van der Waals surface area contributed by atoms with Crippen molar-refractivity contribution in [3.05, 3.63) is 54.5 Å². The predicted octanol–water partition coefficient (Wildman–Crippen LogP) is 0.780. The molecule has 19 heavy (non-hydrogen) atoms. The van der Waals surface area contributed by atoms with E-state index in [1.807, 2.05) is 4.98 Å². The van der Waals surface area contributed by atoms with Gasteiger partial charge in [0.2, 0.25) is 11.2 Å². The van der Waals surface area contributed by atoms with Crippen molar-refractivity contribution in [3.8, 4) is 5.75 Å². The Hall–Kier alpha value is -2.84. The molecule has 9 heteroatoms. The van der Waals surface area contributed by atoms with Crippen LogP contribution in [0.5, 0.6) is 5.75 Å². The van der Waals surface area contributed by atoms with E-state index in [2.05, 4.69) is 0 Å². The highest BCUT2D eigenvalue weighted by Gasteiger charge is 2.26. The van der Waals surface area contributed by atoms with Crippen LogP contribution in [0, 0.1) is 21.7 Å². The standard InChI is InChI=1S/C10H4F2N2O5/c11-3-1-4-7(9(8(3)12)14(18)19)10(17)5(15)2-6(16)13-4/h1-2H,(H,13,16)(H,15,17). The number of nitro benzene ring substituents is 1. The van der Waals surface area contributed by atoms with Gasteiger partial charge in [-0.15, -0.1) is 0 Å². The molecule has 0 saturated heterocycles. The number of nitro groups is 1. The Morgan fingerprint density at radius 1 is 1.26 bits per heavy atom. The summed E-state index contributed by atoms with van der Waals surface area (Å²) in [5, 5.41) is 19.1. The molecule has 0 saturated carbocycles. The van der Waals surface area contributed by atoms with Gasteiger partial charge in [0.1, 0.15) is 5.39 Å². The van der Waals surface area contributed by atoms with Crippen molar-refractivity contribution in [2.45, 2.75) is 0 Å². The SMILES string of the molecule is O=c1cc(O)c(=O)c2c([N+](=O)[O-])c(F)c(F)cc2[nH]1. The van der Waals surface area contributed by atoms with E-state index in [0.717, 1.165) is 0 Å². The van der Waals surface area contributed by atoms with E-state index in [1.165, 1.54) is 0 Å². The molecular formula is C10H4F2N2O5. The van der Waals surface area contributed by atoms with Gasteiger partial charge in [0, 0.05) is 12.1 Å². The molecule has 0 aliphatic carbocycles. The average molecular weight is 270 g/mol. The van der Waals surface area contributed by atoms with Gasteiger partial charge in [0.05, 0.1) is 10.4 Å². The Morgan fingerprint density at radius 3 is 2.47 bits per heavy atom. The smallest absolute Gasteiger partial charge is 0.321 e. The van der Waals surface area contributed by atoms with Gasteiger partial charge in [-0.3, -0.25) is 19.7 Å². The molecule has 0 aliphatic rings. The summed E-state index contributed by atoms with van der Waals surface area (Å²) >= 11 is 0. The molecule has 1 aromatic carbocycles. The van der Waals surface area contributed by atoms with E-state index < -0.39 is 49.9 Å². The molecule has 0 aliphatic heterocycles. The van der Waals surface area contributed by atoms with Crippen molar-refractivity contribution < 1.29 is 18.8 Å². The first-order valence-corrected chi connectivity index (χ1v) is 4.75. The number of nitrogens with zero attached hydrogens (tertiary/aromatic N) is 1. The summed E-state index contributed by atoms with van der Waals surface area (Å²) in [4.78, 5) is 34.2. The number of fused-ring (bicyclic) bond motifs is 1. The molecule has 98 valence electrons. The number of H-pyrrole nitrogens is 1.